The van der Waals surface area contributed by atoms with Crippen LogP contribution in [0.5, 0.6) is 11.5 Å². The second kappa shape index (κ2) is 10.9. The number of Topliss-reactive ketones (excluding diaryl/α,β-unsaturated/α-hetero) is 1. The molecule has 1 aliphatic rings. The van der Waals surface area contributed by atoms with Crippen LogP contribution in [-0.2, 0) is 20.9 Å². The van der Waals surface area contributed by atoms with Crippen LogP contribution in [0.3, 0.4) is 0 Å². The van der Waals surface area contributed by atoms with Crippen molar-refractivity contribution in [2.75, 3.05) is 12.4 Å². The number of ketones is 1. The van der Waals surface area contributed by atoms with E-state index >= 15 is 0 Å². The number of methoxy groups -OCH3 is 1. The van der Waals surface area contributed by atoms with Crippen LogP contribution in [0.1, 0.15) is 37.8 Å². The molecule has 0 saturated carbocycles. The summed E-state index contributed by atoms with van der Waals surface area (Å²) in [6.07, 6.45) is 0.917. The molecule has 1 aliphatic heterocycles. The molecule has 34 heavy (non-hydrogen) atoms. The van der Waals surface area contributed by atoms with Crippen molar-refractivity contribution in [1.82, 2.24) is 5.01 Å². The lowest BCUT2D eigenvalue weighted by atomic mass is 9.89. The van der Waals surface area contributed by atoms with Crippen LogP contribution < -0.4 is 14.8 Å². The predicted molar refractivity (Wildman–Crippen MR) is 121 cm³/mol. The van der Waals surface area contributed by atoms with Gasteiger partial charge in [0.25, 0.3) is 5.91 Å². The average molecular weight is 473 g/mol. The number of halogens is 2. The largest absolute Gasteiger partial charge is 0.493 e. The van der Waals surface area contributed by atoms with E-state index in [2.05, 4.69) is 15.2 Å². The molecule has 1 N–H and O–H groups in total. The van der Waals surface area contributed by atoms with Crippen molar-refractivity contribution < 1.29 is 32.6 Å². The third-order valence-electron chi connectivity index (χ3n) is 5.36. The molecule has 0 saturated heterocycles. The van der Waals surface area contributed by atoms with Crippen LogP contribution in [0.2, 0.25) is 0 Å². The van der Waals surface area contributed by atoms with Crippen molar-refractivity contribution >= 4 is 29.0 Å². The fourth-order valence-corrected chi connectivity index (χ4v) is 3.54. The van der Waals surface area contributed by atoms with E-state index in [0.717, 1.165) is 5.56 Å². The maximum absolute atomic E-state index is 12.7. The molecule has 1 unspecified atom stereocenters. The maximum atomic E-state index is 12.7. The van der Waals surface area contributed by atoms with Gasteiger partial charge in [-0.15, -0.1) is 0 Å². The normalized spacial score (nSPS) is 15.7. The maximum Gasteiger partial charge on any atom is 0.387 e. The van der Waals surface area contributed by atoms with E-state index in [4.69, 9.17) is 4.74 Å². The number of hydrogen-bond donors (Lipinski definition) is 1. The van der Waals surface area contributed by atoms with Gasteiger partial charge in [0.05, 0.1) is 19.4 Å². The summed E-state index contributed by atoms with van der Waals surface area (Å²) in [6.45, 7) is 0.344. The van der Waals surface area contributed by atoms with Crippen LogP contribution in [0.15, 0.2) is 47.6 Å². The molecule has 1 heterocycles. The number of benzene rings is 2. The third-order valence-corrected chi connectivity index (χ3v) is 5.36. The summed E-state index contributed by atoms with van der Waals surface area (Å²) in [5, 5.41) is 8.43. The number of nitrogens with zero attached hydrogens (tertiary/aromatic N) is 2. The first-order chi connectivity index (χ1) is 16.2. The minimum atomic E-state index is -2.98. The standard InChI is InChI=1S/C24H25F2N3O5/c1-4-16-12-21(31)29(13-15-5-8-18(9-6-15)27-23(32)14(2)30)28-22(16)17-7-10-19(34-24(25)26)20(11-17)33-3/h5-11,16,24H,4,12-13H2,1-3H3,(H,27,32). The molecular formula is C24H25F2N3O5. The molecule has 0 spiro atoms. The lowest BCUT2D eigenvalue weighted by Gasteiger charge is -2.29. The van der Waals surface area contributed by atoms with Crippen molar-refractivity contribution in [2.45, 2.75) is 39.8 Å². The van der Waals surface area contributed by atoms with Gasteiger partial charge >= 0.3 is 6.61 Å². The van der Waals surface area contributed by atoms with Gasteiger partial charge in [0.15, 0.2) is 11.5 Å². The summed E-state index contributed by atoms with van der Waals surface area (Å²) in [6, 6.07) is 11.3. The highest BCUT2D eigenvalue weighted by atomic mass is 19.3. The van der Waals surface area contributed by atoms with Gasteiger partial charge in [0.1, 0.15) is 0 Å². The molecule has 0 bridgehead atoms. The molecule has 0 fully saturated rings. The quantitative estimate of drug-likeness (QED) is 0.556. The van der Waals surface area contributed by atoms with Gasteiger partial charge in [-0.25, -0.2) is 5.01 Å². The Balaban J connectivity index is 1.84. The second-order valence-corrected chi connectivity index (χ2v) is 7.70. The Kier molecular flexibility index (Phi) is 7.93. The highest BCUT2D eigenvalue weighted by molar-refractivity contribution is 6.39. The average Bonchev–Trinajstić information content (AvgIpc) is 2.81. The Morgan fingerprint density at radius 2 is 1.88 bits per heavy atom. The highest BCUT2D eigenvalue weighted by Gasteiger charge is 2.30. The predicted octanol–water partition coefficient (Wildman–Crippen LogP) is 3.99. The van der Waals surface area contributed by atoms with Gasteiger partial charge in [-0.1, -0.05) is 19.1 Å². The Labute approximate surface area is 195 Å². The van der Waals surface area contributed by atoms with Crippen LogP contribution in [-0.4, -0.2) is 42.0 Å². The van der Waals surface area contributed by atoms with E-state index in [1.807, 2.05) is 6.92 Å². The van der Waals surface area contributed by atoms with Gasteiger partial charge in [-0.2, -0.15) is 13.9 Å². The van der Waals surface area contributed by atoms with E-state index in [0.29, 0.717) is 23.4 Å². The smallest absolute Gasteiger partial charge is 0.387 e. The van der Waals surface area contributed by atoms with Crippen molar-refractivity contribution in [3.8, 4) is 11.5 Å². The Morgan fingerprint density at radius 3 is 2.47 bits per heavy atom. The first-order valence-corrected chi connectivity index (χ1v) is 10.6. The molecule has 2 aromatic rings. The fourth-order valence-electron chi connectivity index (χ4n) is 3.54. The summed E-state index contributed by atoms with van der Waals surface area (Å²) < 4.78 is 35.0. The number of alkyl halides is 2. The van der Waals surface area contributed by atoms with Gasteiger partial charge in [0.2, 0.25) is 11.7 Å². The number of amides is 2. The van der Waals surface area contributed by atoms with Crippen molar-refractivity contribution in [1.29, 1.82) is 0 Å². The number of anilines is 1. The van der Waals surface area contributed by atoms with Gasteiger partial charge in [0, 0.05) is 30.5 Å². The second-order valence-electron chi connectivity index (χ2n) is 7.70. The first kappa shape index (κ1) is 24.8. The molecule has 0 radical (unpaired) electrons. The number of ether oxygens (including phenoxy) is 2. The number of nitrogens with one attached hydrogen (secondary N) is 1. The number of carbonyl (C=O) groups excluding carboxylic acids is 3. The highest BCUT2D eigenvalue weighted by Crippen LogP contribution is 2.33. The lowest BCUT2D eigenvalue weighted by molar-refractivity contribution is -0.133. The number of rotatable bonds is 9. The topological polar surface area (TPSA) is 97.3 Å². The minimum Gasteiger partial charge on any atom is -0.493 e. The summed E-state index contributed by atoms with van der Waals surface area (Å²) >= 11 is 0. The molecule has 180 valence electrons. The Hall–Kier alpha value is -3.82. The number of hydrazone groups is 1. The van der Waals surface area contributed by atoms with Crippen molar-refractivity contribution in [3.05, 3.63) is 53.6 Å². The molecule has 0 aromatic heterocycles. The van der Waals surface area contributed by atoms with Gasteiger partial charge in [-0.05, 0) is 42.3 Å². The number of carbonyl (C=O) groups is 3. The van der Waals surface area contributed by atoms with Crippen LogP contribution in [0.25, 0.3) is 0 Å². The fraction of sp³-hybridized carbons (Fsp3) is 0.333. The van der Waals surface area contributed by atoms with Gasteiger partial charge in [-0.3, -0.25) is 14.4 Å². The lowest BCUT2D eigenvalue weighted by Crippen LogP contribution is -2.36. The molecular weight excluding hydrogens is 448 g/mol. The van der Waals surface area contributed by atoms with Gasteiger partial charge < -0.3 is 14.8 Å². The summed E-state index contributed by atoms with van der Waals surface area (Å²) in [7, 11) is 1.36. The third kappa shape index (κ3) is 5.94. The zero-order valence-corrected chi connectivity index (χ0v) is 19.0. The van der Waals surface area contributed by atoms with Crippen molar-refractivity contribution in [2.24, 2.45) is 11.0 Å². The van der Waals surface area contributed by atoms with E-state index < -0.39 is 18.3 Å². The molecule has 8 nitrogen and oxygen atoms in total. The summed E-state index contributed by atoms with van der Waals surface area (Å²) in [5.41, 5.74) is 2.52. The summed E-state index contributed by atoms with van der Waals surface area (Å²) in [4.78, 5) is 35.3. The van der Waals surface area contributed by atoms with Crippen LogP contribution in [0.4, 0.5) is 14.5 Å². The van der Waals surface area contributed by atoms with E-state index in [9.17, 15) is 23.2 Å². The van der Waals surface area contributed by atoms with E-state index in [1.54, 1.807) is 36.4 Å². The molecule has 3 rings (SSSR count). The van der Waals surface area contributed by atoms with Crippen molar-refractivity contribution in [3.63, 3.8) is 0 Å². The summed E-state index contributed by atoms with van der Waals surface area (Å²) in [5.74, 6) is -1.54. The van der Waals surface area contributed by atoms with Crippen LogP contribution >= 0.6 is 0 Å². The Morgan fingerprint density at radius 1 is 1.18 bits per heavy atom. The zero-order valence-electron chi connectivity index (χ0n) is 19.0. The molecule has 2 amide bonds. The first-order valence-electron chi connectivity index (χ1n) is 10.6. The SMILES string of the molecule is CCC1CC(=O)N(Cc2ccc(NC(=O)C(C)=O)cc2)N=C1c1ccc(OC(F)F)c(OC)c1. The van der Waals surface area contributed by atoms with Crippen LogP contribution in [0, 0.1) is 5.92 Å². The van der Waals surface area contributed by atoms with E-state index in [-0.39, 0.29) is 36.3 Å². The molecule has 10 heteroatoms. The zero-order chi connectivity index (χ0) is 24.8. The number of hydrogen-bond acceptors (Lipinski definition) is 6. The van der Waals surface area contributed by atoms with E-state index in [1.165, 1.54) is 25.1 Å². The molecule has 0 aliphatic carbocycles. The Bertz CT molecular complexity index is 1100. The molecule has 2 aromatic carbocycles. The molecule has 1 atom stereocenters. The minimum absolute atomic E-state index is 0.0874. The monoisotopic (exact) mass is 473 g/mol.